The molecular formula is C17H22N2O2. The molecule has 21 heavy (non-hydrogen) atoms. The van der Waals surface area contributed by atoms with Gasteiger partial charge in [0, 0.05) is 44.2 Å². The van der Waals surface area contributed by atoms with Crippen molar-refractivity contribution in [1.82, 2.24) is 9.80 Å². The minimum Gasteiger partial charge on any atom is -0.423 e. The molecule has 112 valence electrons. The quantitative estimate of drug-likeness (QED) is 0.810. The number of hydrogen-bond donors (Lipinski definition) is 0. The number of benzene rings is 1. The topological polar surface area (TPSA) is 36.7 Å². The second-order valence-corrected chi connectivity index (χ2v) is 5.85. The maximum absolute atomic E-state index is 11.8. The van der Waals surface area contributed by atoms with Crippen LogP contribution in [0.3, 0.4) is 0 Å². The molecular weight excluding hydrogens is 264 g/mol. The summed E-state index contributed by atoms with van der Waals surface area (Å²) in [5.74, 6) is 0. The van der Waals surface area contributed by atoms with Crippen molar-refractivity contribution in [1.29, 1.82) is 0 Å². The molecule has 0 bridgehead atoms. The van der Waals surface area contributed by atoms with Gasteiger partial charge in [0.25, 0.3) is 0 Å². The fraction of sp³-hybridized carbons (Fsp3) is 0.471. The molecule has 0 saturated carbocycles. The molecule has 0 N–H and O–H groups in total. The Morgan fingerprint density at radius 1 is 1.14 bits per heavy atom. The lowest BCUT2D eigenvalue weighted by atomic mass is 10.0. The summed E-state index contributed by atoms with van der Waals surface area (Å²) in [4.78, 5) is 16.5. The zero-order valence-corrected chi connectivity index (χ0v) is 12.8. The molecule has 0 atom stereocenters. The van der Waals surface area contributed by atoms with Gasteiger partial charge in [-0.05, 0) is 36.7 Å². The van der Waals surface area contributed by atoms with E-state index in [1.54, 1.807) is 6.07 Å². The number of nitrogens with zero attached hydrogens (tertiary/aromatic N) is 2. The van der Waals surface area contributed by atoms with Crippen molar-refractivity contribution in [2.75, 3.05) is 33.2 Å². The Hall–Kier alpha value is -1.65. The van der Waals surface area contributed by atoms with Crippen molar-refractivity contribution in [3.05, 3.63) is 45.8 Å². The van der Waals surface area contributed by atoms with E-state index in [2.05, 4.69) is 29.8 Å². The summed E-state index contributed by atoms with van der Waals surface area (Å²) in [5.41, 5.74) is 2.80. The van der Waals surface area contributed by atoms with Crippen molar-refractivity contribution >= 4 is 11.0 Å². The zero-order chi connectivity index (χ0) is 14.8. The van der Waals surface area contributed by atoms with Crippen LogP contribution >= 0.6 is 0 Å². The van der Waals surface area contributed by atoms with Gasteiger partial charge in [0.1, 0.15) is 5.58 Å². The summed E-state index contributed by atoms with van der Waals surface area (Å²) in [7, 11) is 2.15. The molecule has 1 saturated heterocycles. The van der Waals surface area contributed by atoms with Crippen molar-refractivity contribution in [3.8, 4) is 0 Å². The Bertz CT molecular complexity index is 685. The highest BCUT2D eigenvalue weighted by molar-refractivity contribution is 5.80. The third kappa shape index (κ3) is 3.17. The fourth-order valence-electron chi connectivity index (χ4n) is 2.87. The van der Waals surface area contributed by atoms with Gasteiger partial charge in [0.15, 0.2) is 0 Å². The molecule has 4 nitrogen and oxygen atoms in total. The fourth-order valence-corrected chi connectivity index (χ4v) is 2.87. The first-order valence-electron chi connectivity index (χ1n) is 7.62. The molecule has 0 radical (unpaired) electrons. The molecule has 0 unspecified atom stereocenters. The third-order valence-corrected chi connectivity index (χ3v) is 4.29. The van der Waals surface area contributed by atoms with Gasteiger partial charge >= 0.3 is 5.63 Å². The lowest BCUT2D eigenvalue weighted by Gasteiger charge is -2.32. The Kier molecular flexibility index (Phi) is 4.08. The van der Waals surface area contributed by atoms with Gasteiger partial charge in [-0.1, -0.05) is 13.0 Å². The highest BCUT2D eigenvalue weighted by atomic mass is 16.4. The van der Waals surface area contributed by atoms with Crippen molar-refractivity contribution in [2.24, 2.45) is 0 Å². The molecule has 3 rings (SSSR count). The molecule has 1 aliphatic heterocycles. The van der Waals surface area contributed by atoms with Gasteiger partial charge in [0.2, 0.25) is 0 Å². The van der Waals surface area contributed by atoms with E-state index in [0.29, 0.717) is 5.58 Å². The highest BCUT2D eigenvalue weighted by Gasteiger charge is 2.16. The molecule has 4 heteroatoms. The average molecular weight is 286 g/mol. The van der Waals surface area contributed by atoms with Crippen molar-refractivity contribution < 1.29 is 4.42 Å². The van der Waals surface area contributed by atoms with Gasteiger partial charge in [-0.2, -0.15) is 0 Å². The summed E-state index contributed by atoms with van der Waals surface area (Å²) in [6.45, 7) is 7.22. The highest BCUT2D eigenvalue weighted by Crippen LogP contribution is 2.21. The van der Waals surface area contributed by atoms with E-state index in [1.807, 2.05) is 12.1 Å². The summed E-state index contributed by atoms with van der Waals surface area (Å²) in [6.07, 6.45) is 0.989. The van der Waals surface area contributed by atoms with Crippen LogP contribution in [0, 0.1) is 0 Å². The average Bonchev–Trinajstić information content (AvgIpc) is 2.49. The van der Waals surface area contributed by atoms with E-state index in [1.165, 1.54) is 5.56 Å². The van der Waals surface area contributed by atoms with E-state index >= 15 is 0 Å². The summed E-state index contributed by atoms with van der Waals surface area (Å²) >= 11 is 0. The second kappa shape index (κ2) is 6.00. The molecule has 1 aromatic heterocycles. The standard InChI is InChI=1S/C17H22N2O2/c1-3-13-4-5-16-15(10-13)14(11-17(20)21-16)12-19-8-6-18(2)7-9-19/h4-5,10-11H,3,6-9,12H2,1-2H3. The third-order valence-electron chi connectivity index (χ3n) is 4.29. The first-order valence-corrected chi connectivity index (χ1v) is 7.62. The number of aryl methyl sites for hydroxylation is 1. The molecule has 1 aliphatic rings. The first kappa shape index (κ1) is 14.3. The predicted octanol–water partition coefficient (Wildman–Crippen LogP) is 2.10. The van der Waals surface area contributed by atoms with Crippen LogP contribution in [-0.4, -0.2) is 43.0 Å². The van der Waals surface area contributed by atoms with Crippen LogP contribution in [0.15, 0.2) is 33.5 Å². The van der Waals surface area contributed by atoms with Gasteiger partial charge in [0.05, 0.1) is 0 Å². The molecule has 1 aromatic carbocycles. The Labute approximate surface area is 125 Å². The van der Waals surface area contributed by atoms with Crippen LogP contribution < -0.4 is 5.63 Å². The molecule has 0 aliphatic carbocycles. The minimum atomic E-state index is -0.254. The SMILES string of the molecule is CCc1ccc2oc(=O)cc(CN3CCN(C)CC3)c2c1. The number of fused-ring (bicyclic) bond motifs is 1. The Morgan fingerprint density at radius 3 is 2.62 bits per heavy atom. The lowest BCUT2D eigenvalue weighted by Crippen LogP contribution is -2.43. The summed E-state index contributed by atoms with van der Waals surface area (Å²) in [5, 5.41) is 1.08. The second-order valence-electron chi connectivity index (χ2n) is 5.85. The van der Waals surface area contributed by atoms with E-state index in [9.17, 15) is 4.79 Å². The molecule has 2 heterocycles. The van der Waals surface area contributed by atoms with Crippen molar-refractivity contribution in [2.45, 2.75) is 19.9 Å². The Morgan fingerprint density at radius 2 is 1.90 bits per heavy atom. The number of likely N-dealkylation sites (N-methyl/N-ethyl adjacent to an activating group) is 1. The molecule has 0 spiro atoms. The van der Waals surface area contributed by atoms with Crippen molar-refractivity contribution in [3.63, 3.8) is 0 Å². The normalized spacial score (nSPS) is 17.4. The number of rotatable bonds is 3. The Balaban J connectivity index is 1.94. The van der Waals surface area contributed by atoms with Crippen LogP contribution in [0.25, 0.3) is 11.0 Å². The minimum absolute atomic E-state index is 0.254. The van der Waals surface area contributed by atoms with E-state index in [-0.39, 0.29) is 5.63 Å². The first-order chi connectivity index (χ1) is 10.2. The summed E-state index contributed by atoms with van der Waals surface area (Å²) < 4.78 is 5.33. The van der Waals surface area contributed by atoms with E-state index in [4.69, 9.17) is 4.42 Å². The summed E-state index contributed by atoms with van der Waals surface area (Å²) in [6, 6.07) is 7.76. The van der Waals surface area contributed by atoms with Gasteiger partial charge in [-0.25, -0.2) is 4.79 Å². The molecule has 2 aromatic rings. The van der Waals surface area contributed by atoms with Crippen LogP contribution in [0.1, 0.15) is 18.1 Å². The van der Waals surface area contributed by atoms with Crippen LogP contribution in [0.2, 0.25) is 0 Å². The lowest BCUT2D eigenvalue weighted by molar-refractivity contribution is 0.148. The number of hydrogen-bond acceptors (Lipinski definition) is 4. The smallest absolute Gasteiger partial charge is 0.336 e. The van der Waals surface area contributed by atoms with E-state index < -0.39 is 0 Å². The van der Waals surface area contributed by atoms with Crippen LogP contribution in [0.4, 0.5) is 0 Å². The largest absolute Gasteiger partial charge is 0.423 e. The maximum atomic E-state index is 11.8. The van der Waals surface area contributed by atoms with Crippen LogP contribution in [-0.2, 0) is 13.0 Å². The van der Waals surface area contributed by atoms with Gasteiger partial charge in [-0.3, -0.25) is 4.90 Å². The maximum Gasteiger partial charge on any atom is 0.336 e. The monoisotopic (exact) mass is 286 g/mol. The molecule has 0 amide bonds. The number of piperazine rings is 1. The molecule has 1 fully saturated rings. The predicted molar refractivity (Wildman–Crippen MR) is 84.6 cm³/mol. The van der Waals surface area contributed by atoms with E-state index in [0.717, 1.165) is 50.1 Å². The van der Waals surface area contributed by atoms with Gasteiger partial charge in [-0.15, -0.1) is 0 Å². The van der Waals surface area contributed by atoms with Crippen LogP contribution in [0.5, 0.6) is 0 Å². The zero-order valence-electron chi connectivity index (χ0n) is 12.8. The van der Waals surface area contributed by atoms with Gasteiger partial charge < -0.3 is 9.32 Å².